The van der Waals surface area contributed by atoms with Crippen LogP contribution in [0.15, 0.2) is 17.3 Å². The van der Waals surface area contributed by atoms with Crippen LogP contribution in [0.25, 0.3) is 0 Å². The van der Waals surface area contributed by atoms with Gasteiger partial charge in [-0.3, -0.25) is 4.99 Å². The monoisotopic (exact) mass is 272 g/mol. The molecule has 1 aromatic heterocycles. The van der Waals surface area contributed by atoms with Crippen LogP contribution in [0.5, 0.6) is 0 Å². The molecular formula is C7H9FN2Xe. The summed E-state index contributed by atoms with van der Waals surface area (Å²) in [7, 11) is 0. The third-order valence-corrected chi connectivity index (χ3v) is 1.13. The van der Waals surface area contributed by atoms with Crippen LogP contribution in [0.3, 0.4) is 0 Å². The molecule has 62 valence electrons. The maximum absolute atomic E-state index is 12.6. The van der Waals surface area contributed by atoms with Gasteiger partial charge >= 0.3 is 0 Å². The summed E-state index contributed by atoms with van der Waals surface area (Å²) in [6.45, 7) is 2.58. The Morgan fingerprint density at radius 3 is 2.91 bits per heavy atom. The third kappa shape index (κ3) is 3.57. The molecule has 11 heavy (non-hydrogen) atoms. The number of nitrogens with zero attached hydrogens (tertiary/aromatic N) is 1. The maximum Gasteiger partial charge on any atom is 0.149 e. The first kappa shape index (κ1) is 11.5. The number of nitrogens with one attached hydrogen (secondary N) is 1. The number of hydrogen-bond acceptors (Lipinski definition) is 1. The Bertz CT molecular complexity index is 232. The average molecular weight is 271 g/mol. The van der Waals surface area contributed by atoms with E-state index in [1.165, 1.54) is 12.3 Å². The van der Waals surface area contributed by atoms with Gasteiger partial charge in [0.25, 0.3) is 0 Å². The molecular weight excluding hydrogens is 262 g/mol. The number of rotatable bonds is 2. The topological polar surface area (TPSA) is 28.1 Å². The molecule has 0 radical (unpaired) electrons. The number of aliphatic imine (C=N–C) groups is 1. The van der Waals surface area contributed by atoms with Crippen molar-refractivity contribution in [2.75, 3.05) is 6.54 Å². The summed E-state index contributed by atoms with van der Waals surface area (Å²) in [6, 6.07) is 1.37. The first-order chi connectivity index (χ1) is 4.84. The number of aromatic nitrogens is 1. The summed E-state index contributed by atoms with van der Waals surface area (Å²) >= 11 is 0. The normalized spacial score (nSPS) is 10.0. The molecule has 4 heteroatoms. The Morgan fingerprint density at radius 2 is 2.45 bits per heavy atom. The molecule has 0 saturated heterocycles. The smallest absolute Gasteiger partial charge is 0.149 e. The van der Waals surface area contributed by atoms with Gasteiger partial charge in [-0.05, 0) is 13.0 Å². The molecule has 1 heterocycles. The minimum atomic E-state index is -0.253. The van der Waals surface area contributed by atoms with Gasteiger partial charge in [-0.15, -0.1) is 0 Å². The van der Waals surface area contributed by atoms with E-state index in [9.17, 15) is 4.39 Å². The van der Waals surface area contributed by atoms with Crippen LogP contribution in [0, 0.1) is 54.7 Å². The molecule has 0 unspecified atom stereocenters. The van der Waals surface area contributed by atoms with E-state index in [1.807, 2.05) is 6.92 Å². The molecule has 0 atom stereocenters. The predicted molar refractivity (Wildman–Crippen MR) is 38.9 cm³/mol. The molecule has 1 rings (SSSR count). The fourth-order valence-corrected chi connectivity index (χ4v) is 0.645. The van der Waals surface area contributed by atoms with Gasteiger partial charge in [0, 0.05) is 67.8 Å². The Morgan fingerprint density at radius 1 is 1.73 bits per heavy atom. The van der Waals surface area contributed by atoms with Crippen molar-refractivity contribution >= 4 is 6.21 Å². The van der Waals surface area contributed by atoms with Crippen molar-refractivity contribution in [3.8, 4) is 0 Å². The molecule has 0 aliphatic carbocycles. The summed E-state index contributed by atoms with van der Waals surface area (Å²) in [5.41, 5.74) is 0.446. The van der Waals surface area contributed by atoms with Gasteiger partial charge in [-0.1, -0.05) is 0 Å². The minimum Gasteiger partial charge on any atom is -0.358 e. The third-order valence-electron chi connectivity index (χ3n) is 1.13. The molecule has 0 amide bonds. The Balaban J connectivity index is 0.000001000. The van der Waals surface area contributed by atoms with Gasteiger partial charge in [0.1, 0.15) is 5.82 Å². The fraction of sp³-hybridized carbons (Fsp3) is 0.286. The number of H-pyrrole nitrogens is 1. The molecule has 1 N–H and O–H groups in total. The largest absolute Gasteiger partial charge is 0.358 e. The Hall–Kier alpha value is 0.451. The van der Waals surface area contributed by atoms with Crippen LogP contribution < -0.4 is 0 Å². The molecule has 2 nitrogen and oxygen atoms in total. The average Bonchev–Trinajstić information content (AvgIpc) is 2.31. The number of hydrogen-bond donors (Lipinski definition) is 1. The van der Waals surface area contributed by atoms with E-state index >= 15 is 0 Å². The molecule has 0 fully saturated rings. The summed E-state index contributed by atoms with van der Waals surface area (Å²) in [5.74, 6) is -0.253. The van der Waals surface area contributed by atoms with Crippen LogP contribution in [0.1, 0.15) is 12.6 Å². The van der Waals surface area contributed by atoms with Crippen molar-refractivity contribution in [2.45, 2.75) is 6.92 Å². The molecule has 0 spiro atoms. The zero-order valence-electron chi connectivity index (χ0n) is 6.12. The van der Waals surface area contributed by atoms with Gasteiger partial charge < -0.3 is 4.98 Å². The quantitative estimate of drug-likeness (QED) is 0.792. The fourth-order valence-electron chi connectivity index (χ4n) is 0.645. The van der Waals surface area contributed by atoms with Crippen LogP contribution in [-0.4, -0.2) is 17.7 Å². The van der Waals surface area contributed by atoms with Crippen LogP contribution in [0.2, 0.25) is 0 Å². The van der Waals surface area contributed by atoms with Crippen LogP contribution in [0.4, 0.5) is 4.39 Å². The molecule has 1 aromatic rings. The van der Waals surface area contributed by atoms with E-state index < -0.39 is 0 Å². The van der Waals surface area contributed by atoms with E-state index in [4.69, 9.17) is 0 Å². The maximum atomic E-state index is 12.6. The van der Waals surface area contributed by atoms with Gasteiger partial charge in [0.05, 0.1) is 5.69 Å². The van der Waals surface area contributed by atoms with Gasteiger partial charge in [0.2, 0.25) is 0 Å². The van der Waals surface area contributed by atoms with E-state index in [2.05, 4.69) is 9.98 Å². The number of aromatic amines is 1. The zero-order valence-corrected chi connectivity index (χ0v) is 8.14. The van der Waals surface area contributed by atoms with Crippen molar-refractivity contribution in [3.05, 3.63) is 23.8 Å². The summed E-state index contributed by atoms with van der Waals surface area (Å²) < 4.78 is 12.6. The van der Waals surface area contributed by atoms with Crippen molar-refractivity contribution < 1.29 is 53.3 Å². The second-order valence-corrected chi connectivity index (χ2v) is 1.87. The van der Waals surface area contributed by atoms with E-state index in [0.29, 0.717) is 12.2 Å². The van der Waals surface area contributed by atoms with E-state index in [0.717, 1.165) is 0 Å². The summed E-state index contributed by atoms with van der Waals surface area (Å²) in [4.78, 5) is 6.59. The molecule has 0 aromatic carbocycles. The van der Waals surface area contributed by atoms with Gasteiger partial charge in [0.15, 0.2) is 0 Å². The van der Waals surface area contributed by atoms with Crippen molar-refractivity contribution in [3.63, 3.8) is 0 Å². The van der Waals surface area contributed by atoms with Crippen LogP contribution >= 0.6 is 0 Å². The minimum absolute atomic E-state index is 0. The Labute approximate surface area is 105 Å². The van der Waals surface area contributed by atoms with E-state index in [1.54, 1.807) is 6.20 Å². The van der Waals surface area contributed by atoms with Crippen LogP contribution in [-0.2, 0) is 0 Å². The molecule has 0 aliphatic rings. The Kier molecular flexibility index (Phi) is 6.27. The van der Waals surface area contributed by atoms with E-state index in [-0.39, 0.29) is 54.7 Å². The SMILES string of the molecule is CCN=Cc1[nH]ccc1F.[Xe]. The first-order valence-corrected chi connectivity index (χ1v) is 3.17. The zero-order chi connectivity index (χ0) is 7.40. The van der Waals surface area contributed by atoms with Gasteiger partial charge in [-0.2, -0.15) is 0 Å². The standard InChI is InChI=1S/C7H9FN2.Xe/c1-2-9-5-7-6(8)3-4-10-7;/h3-5,10H,2H2,1H3;. The molecule has 0 saturated carbocycles. The van der Waals surface area contributed by atoms with Crippen molar-refractivity contribution in [1.29, 1.82) is 0 Å². The second-order valence-electron chi connectivity index (χ2n) is 1.87. The first-order valence-electron chi connectivity index (χ1n) is 3.17. The molecule has 0 bridgehead atoms. The van der Waals surface area contributed by atoms with Crippen molar-refractivity contribution in [1.82, 2.24) is 4.98 Å². The molecule has 0 aliphatic heterocycles. The summed E-state index contributed by atoms with van der Waals surface area (Å²) in [6.07, 6.45) is 3.04. The van der Waals surface area contributed by atoms with Crippen molar-refractivity contribution in [2.24, 2.45) is 4.99 Å². The van der Waals surface area contributed by atoms with Gasteiger partial charge in [-0.25, -0.2) is 4.39 Å². The second kappa shape index (κ2) is 6.02. The predicted octanol–water partition coefficient (Wildman–Crippen LogP) is 1.59. The summed E-state index contributed by atoms with van der Waals surface area (Å²) in [5, 5.41) is 0. The number of halogens is 1.